The normalized spacial score (nSPS) is 17.9. The zero-order valence-corrected chi connectivity index (χ0v) is 9.72. The molecule has 1 unspecified atom stereocenters. The fraction of sp³-hybridized carbons (Fsp3) is 0.385. The van der Waals surface area contributed by atoms with Crippen molar-refractivity contribution in [2.75, 3.05) is 11.4 Å². The molecule has 0 aromatic heterocycles. The van der Waals surface area contributed by atoms with Gasteiger partial charge < -0.3 is 10.0 Å². The lowest BCUT2D eigenvalue weighted by atomic mass is 9.98. The van der Waals surface area contributed by atoms with Gasteiger partial charge in [0.05, 0.1) is 6.42 Å². The Labute approximate surface area is 99.9 Å². The summed E-state index contributed by atoms with van der Waals surface area (Å²) in [6.07, 6.45) is 0.513. The fourth-order valence-electron chi connectivity index (χ4n) is 2.31. The van der Waals surface area contributed by atoms with Gasteiger partial charge in [0, 0.05) is 24.6 Å². The van der Waals surface area contributed by atoms with Gasteiger partial charge in [-0.25, -0.2) is 0 Å². The van der Waals surface area contributed by atoms with Crippen molar-refractivity contribution in [3.63, 3.8) is 0 Å². The molecule has 0 fully saturated rings. The van der Waals surface area contributed by atoms with Gasteiger partial charge in [-0.2, -0.15) is 0 Å². The quantitative estimate of drug-likeness (QED) is 0.868. The van der Waals surface area contributed by atoms with Crippen LogP contribution < -0.4 is 4.90 Å². The number of hydrogen-bond donors (Lipinski definition) is 1. The van der Waals surface area contributed by atoms with Crippen LogP contribution in [0.2, 0.25) is 0 Å². The number of amides is 1. The molecule has 1 atom stereocenters. The zero-order chi connectivity index (χ0) is 12.4. The third-order valence-corrected chi connectivity index (χ3v) is 3.09. The van der Waals surface area contributed by atoms with E-state index in [1.807, 2.05) is 31.2 Å². The molecule has 4 heteroatoms. The predicted octanol–water partition coefficient (Wildman–Crippen LogP) is 2.00. The minimum absolute atomic E-state index is 0.0466. The molecular formula is C13H15NO3. The summed E-state index contributed by atoms with van der Waals surface area (Å²) in [5, 5.41) is 8.88. The lowest BCUT2D eigenvalue weighted by Gasteiger charge is -2.16. The lowest BCUT2D eigenvalue weighted by molar-refractivity contribution is -0.137. The Morgan fingerprint density at radius 1 is 1.41 bits per heavy atom. The molecule has 1 amide bonds. The number of nitrogens with zero attached hydrogens (tertiary/aromatic N) is 1. The number of para-hydroxylation sites is 1. The van der Waals surface area contributed by atoms with Crippen LogP contribution in [-0.2, 0) is 9.59 Å². The average molecular weight is 233 g/mol. The first-order valence-corrected chi connectivity index (χ1v) is 5.74. The van der Waals surface area contributed by atoms with Gasteiger partial charge in [0.25, 0.3) is 0 Å². The second kappa shape index (κ2) is 4.57. The second-order valence-electron chi connectivity index (χ2n) is 4.21. The van der Waals surface area contributed by atoms with E-state index in [1.54, 1.807) is 4.90 Å². The summed E-state index contributed by atoms with van der Waals surface area (Å²) in [6.45, 7) is 2.30. The summed E-state index contributed by atoms with van der Waals surface area (Å²) in [4.78, 5) is 24.3. The number of anilines is 1. The number of carboxylic acids is 1. The monoisotopic (exact) mass is 233 g/mol. The Kier molecular flexibility index (Phi) is 3.13. The number of carbonyl (C=O) groups is 2. The predicted molar refractivity (Wildman–Crippen MR) is 64.1 cm³/mol. The highest BCUT2D eigenvalue weighted by molar-refractivity contribution is 5.96. The smallest absolute Gasteiger partial charge is 0.304 e. The third-order valence-electron chi connectivity index (χ3n) is 3.09. The van der Waals surface area contributed by atoms with E-state index in [2.05, 4.69) is 0 Å². The average Bonchev–Trinajstić information content (AvgIpc) is 2.67. The Morgan fingerprint density at radius 3 is 2.76 bits per heavy atom. The van der Waals surface area contributed by atoms with E-state index in [4.69, 9.17) is 5.11 Å². The van der Waals surface area contributed by atoms with Crippen LogP contribution >= 0.6 is 0 Å². The summed E-state index contributed by atoms with van der Waals surface area (Å²) < 4.78 is 0. The number of carboxylic acid groups (broad SMARTS) is 1. The van der Waals surface area contributed by atoms with E-state index in [1.165, 1.54) is 0 Å². The molecule has 0 aliphatic carbocycles. The summed E-state index contributed by atoms with van der Waals surface area (Å²) in [5.41, 5.74) is 1.84. The van der Waals surface area contributed by atoms with Crippen LogP contribution in [0.4, 0.5) is 5.69 Å². The van der Waals surface area contributed by atoms with Gasteiger partial charge in [-0.3, -0.25) is 9.59 Å². The van der Waals surface area contributed by atoms with E-state index >= 15 is 0 Å². The molecule has 1 aromatic carbocycles. The minimum atomic E-state index is -0.824. The van der Waals surface area contributed by atoms with E-state index in [0.717, 1.165) is 11.3 Å². The van der Waals surface area contributed by atoms with Crippen molar-refractivity contribution in [3.05, 3.63) is 29.8 Å². The number of aliphatic carboxylic acids is 1. The molecule has 0 saturated heterocycles. The maximum atomic E-state index is 11.8. The topological polar surface area (TPSA) is 57.6 Å². The molecule has 1 N–H and O–H groups in total. The van der Waals surface area contributed by atoms with E-state index in [-0.39, 0.29) is 18.2 Å². The number of fused-ring (bicyclic) bond motifs is 1. The zero-order valence-electron chi connectivity index (χ0n) is 9.72. The molecular weight excluding hydrogens is 218 g/mol. The number of benzene rings is 1. The lowest BCUT2D eigenvalue weighted by Crippen LogP contribution is -2.29. The Morgan fingerprint density at radius 2 is 2.12 bits per heavy atom. The molecule has 0 bridgehead atoms. The number of hydrogen-bond acceptors (Lipinski definition) is 2. The number of rotatable bonds is 3. The minimum Gasteiger partial charge on any atom is -0.481 e. The SMILES string of the molecule is CCC(=O)N1CC(CC(=O)O)c2ccccc21. The van der Waals surface area contributed by atoms with Crippen LogP contribution in [0.1, 0.15) is 31.2 Å². The summed E-state index contributed by atoms with van der Waals surface area (Å²) >= 11 is 0. The number of carbonyl (C=O) groups excluding carboxylic acids is 1. The Balaban J connectivity index is 2.32. The van der Waals surface area contributed by atoms with Gasteiger partial charge in [0.1, 0.15) is 0 Å². The van der Waals surface area contributed by atoms with Crippen molar-refractivity contribution in [3.8, 4) is 0 Å². The van der Waals surface area contributed by atoms with Gasteiger partial charge in [-0.05, 0) is 11.6 Å². The largest absolute Gasteiger partial charge is 0.481 e. The molecule has 90 valence electrons. The van der Waals surface area contributed by atoms with Gasteiger partial charge in [-0.1, -0.05) is 25.1 Å². The molecule has 1 aliphatic rings. The van der Waals surface area contributed by atoms with E-state index in [0.29, 0.717) is 13.0 Å². The molecule has 2 rings (SSSR count). The van der Waals surface area contributed by atoms with Crippen molar-refractivity contribution in [2.24, 2.45) is 0 Å². The van der Waals surface area contributed by atoms with Crippen molar-refractivity contribution < 1.29 is 14.7 Å². The van der Waals surface area contributed by atoms with Crippen LogP contribution in [0.25, 0.3) is 0 Å². The highest BCUT2D eigenvalue weighted by Crippen LogP contribution is 2.38. The van der Waals surface area contributed by atoms with Crippen LogP contribution in [0.5, 0.6) is 0 Å². The summed E-state index contributed by atoms with van der Waals surface area (Å²) in [5.74, 6) is -0.861. The molecule has 4 nitrogen and oxygen atoms in total. The molecule has 1 aromatic rings. The van der Waals surface area contributed by atoms with Gasteiger partial charge in [0.15, 0.2) is 0 Å². The first kappa shape index (κ1) is 11.6. The Hall–Kier alpha value is -1.84. The Bertz CT molecular complexity index is 456. The maximum absolute atomic E-state index is 11.8. The molecule has 17 heavy (non-hydrogen) atoms. The van der Waals surface area contributed by atoms with Crippen LogP contribution in [0, 0.1) is 0 Å². The first-order chi connectivity index (χ1) is 8.13. The summed E-state index contributed by atoms with van der Waals surface area (Å²) in [6, 6.07) is 7.54. The third kappa shape index (κ3) is 2.16. The standard InChI is InChI=1S/C13H15NO3/c1-2-12(15)14-8-9(7-13(16)17)10-5-3-4-6-11(10)14/h3-6,9H,2,7-8H2,1H3,(H,16,17). The second-order valence-corrected chi connectivity index (χ2v) is 4.21. The van der Waals surface area contributed by atoms with Crippen LogP contribution in [0.3, 0.4) is 0 Å². The molecule has 0 radical (unpaired) electrons. The maximum Gasteiger partial charge on any atom is 0.304 e. The van der Waals surface area contributed by atoms with Crippen LogP contribution in [0.15, 0.2) is 24.3 Å². The van der Waals surface area contributed by atoms with Crippen molar-refractivity contribution in [1.82, 2.24) is 0 Å². The molecule has 0 saturated carbocycles. The molecule has 0 spiro atoms. The molecule has 1 heterocycles. The van der Waals surface area contributed by atoms with Gasteiger partial charge in [-0.15, -0.1) is 0 Å². The molecule has 1 aliphatic heterocycles. The fourth-order valence-corrected chi connectivity index (χ4v) is 2.31. The van der Waals surface area contributed by atoms with E-state index < -0.39 is 5.97 Å². The van der Waals surface area contributed by atoms with Gasteiger partial charge in [0.2, 0.25) is 5.91 Å². The highest BCUT2D eigenvalue weighted by Gasteiger charge is 2.32. The van der Waals surface area contributed by atoms with Crippen molar-refractivity contribution in [2.45, 2.75) is 25.7 Å². The van der Waals surface area contributed by atoms with Crippen molar-refractivity contribution in [1.29, 1.82) is 0 Å². The van der Waals surface area contributed by atoms with Gasteiger partial charge >= 0.3 is 5.97 Å². The van der Waals surface area contributed by atoms with Crippen LogP contribution in [-0.4, -0.2) is 23.5 Å². The van der Waals surface area contributed by atoms with E-state index in [9.17, 15) is 9.59 Å². The first-order valence-electron chi connectivity index (χ1n) is 5.74. The van der Waals surface area contributed by atoms with Crippen molar-refractivity contribution >= 4 is 17.6 Å². The highest BCUT2D eigenvalue weighted by atomic mass is 16.4. The summed E-state index contributed by atoms with van der Waals surface area (Å²) in [7, 11) is 0.